The van der Waals surface area contributed by atoms with Gasteiger partial charge in [-0.25, -0.2) is 9.97 Å². The predicted octanol–water partition coefficient (Wildman–Crippen LogP) is 3.71. The van der Waals surface area contributed by atoms with Crippen LogP contribution in [0, 0.1) is 5.41 Å². The highest BCUT2D eigenvalue weighted by Gasteiger charge is 2.21. The van der Waals surface area contributed by atoms with Crippen LogP contribution in [0.2, 0.25) is 0 Å². The molecule has 0 aliphatic heterocycles. The first kappa shape index (κ1) is 15.7. The van der Waals surface area contributed by atoms with Crippen molar-refractivity contribution in [2.75, 3.05) is 17.2 Å². The fraction of sp³-hybridized carbons (Fsp3) is 0.733. The Kier molecular flexibility index (Phi) is 5.58. The highest BCUT2D eigenvalue weighted by atomic mass is 15.1. The molecule has 0 bridgehead atoms. The first-order valence-corrected chi connectivity index (χ1v) is 7.24. The molecule has 0 spiro atoms. The Balaban J connectivity index is 2.94. The maximum absolute atomic E-state index is 4.41. The van der Waals surface area contributed by atoms with E-state index in [0.717, 1.165) is 31.0 Å². The lowest BCUT2D eigenvalue weighted by Crippen LogP contribution is -2.31. The summed E-state index contributed by atoms with van der Waals surface area (Å²) in [5.74, 6) is 1.92. The summed E-state index contributed by atoms with van der Waals surface area (Å²) in [6.07, 6.45) is 3.65. The van der Waals surface area contributed by atoms with Crippen molar-refractivity contribution in [1.29, 1.82) is 0 Å². The lowest BCUT2D eigenvalue weighted by atomic mass is 9.88. The smallest absolute Gasteiger partial charge is 0.134 e. The van der Waals surface area contributed by atoms with Crippen molar-refractivity contribution in [2.45, 2.75) is 60.4 Å². The lowest BCUT2D eigenvalue weighted by molar-refractivity contribution is 0.358. The third-order valence-corrected chi connectivity index (χ3v) is 3.49. The van der Waals surface area contributed by atoms with Gasteiger partial charge in [0, 0.05) is 18.2 Å². The first-order chi connectivity index (χ1) is 8.90. The van der Waals surface area contributed by atoms with Crippen LogP contribution in [-0.4, -0.2) is 22.6 Å². The van der Waals surface area contributed by atoms with Crippen molar-refractivity contribution in [3.8, 4) is 0 Å². The summed E-state index contributed by atoms with van der Waals surface area (Å²) in [4.78, 5) is 8.76. The van der Waals surface area contributed by atoms with E-state index in [1.807, 2.05) is 0 Å². The van der Waals surface area contributed by atoms with Crippen LogP contribution in [-0.2, 0) is 6.42 Å². The molecule has 108 valence electrons. The summed E-state index contributed by atoms with van der Waals surface area (Å²) >= 11 is 0. The van der Waals surface area contributed by atoms with Crippen molar-refractivity contribution < 1.29 is 0 Å². The minimum Gasteiger partial charge on any atom is -0.370 e. The van der Waals surface area contributed by atoms with Crippen LogP contribution in [0.1, 0.15) is 53.5 Å². The Morgan fingerprint density at radius 1 is 1.16 bits per heavy atom. The van der Waals surface area contributed by atoms with Gasteiger partial charge in [0.2, 0.25) is 0 Å². The standard InChI is InChI=1S/C15H28N4/c1-7-9-16-13-12(8-2)14(18-10-17-13)19-11(3)15(4,5)6/h10-11H,7-9H2,1-6H3,(H2,16,17,18,19). The average molecular weight is 264 g/mol. The van der Waals surface area contributed by atoms with E-state index >= 15 is 0 Å². The van der Waals surface area contributed by atoms with Gasteiger partial charge in [0.1, 0.15) is 18.0 Å². The Bertz CT molecular complexity index is 396. The maximum atomic E-state index is 4.41. The zero-order chi connectivity index (χ0) is 14.5. The minimum absolute atomic E-state index is 0.201. The first-order valence-electron chi connectivity index (χ1n) is 7.24. The van der Waals surface area contributed by atoms with E-state index in [0.29, 0.717) is 6.04 Å². The van der Waals surface area contributed by atoms with Gasteiger partial charge in [-0.2, -0.15) is 0 Å². The normalized spacial score (nSPS) is 13.2. The van der Waals surface area contributed by atoms with Gasteiger partial charge in [-0.1, -0.05) is 34.6 Å². The van der Waals surface area contributed by atoms with E-state index in [4.69, 9.17) is 0 Å². The monoisotopic (exact) mass is 264 g/mol. The molecule has 1 rings (SSSR count). The average Bonchev–Trinajstić information content (AvgIpc) is 2.35. The van der Waals surface area contributed by atoms with E-state index < -0.39 is 0 Å². The number of anilines is 2. The Hall–Kier alpha value is -1.32. The van der Waals surface area contributed by atoms with Crippen LogP contribution in [0.25, 0.3) is 0 Å². The second kappa shape index (κ2) is 6.73. The van der Waals surface area contributed by atoms with Crippen molar-refractivity contribution in [3.63, 3.8) is 0 Å². The van der Waals surface area contributed by atoms with Gasteiger partial charge < -0.3 is 10.6 Å². The molecule has 0 amide bonds. The van der Waals surface area contributed by atoms with E-state index in [2.05, 4.69) is 62.1 Å². The lowest BCUT2D eigenvalue weighted by Gasteiger charge is -2.29. The molecule has 19 heavy (non-hydrogen) atoms. The molecule has 0 aromatic carbocycles. The molecule has 0 aliphatic carbocycles. The van der Waals surface area contributed by atoms with Crippen LogP contribution in [0.5, 0.6) is 0 Å². The van der Waals surface area contributed by atoms with Crippen LogP contribution in [0.3, 0.4) is 0 Å². The fourth-order valence-corrected chi connectivity index (χ4v) is 1.69. The number of hydrogen-bond acceptors (Lipinski definition) is 4. The van der Waals surface area contributed by atoms with Crippen LogP contribution in [0.4, 0.5) is 11.6 Å². The molecule has 0 saturated carbocycles. The van der Waals surface area contributed by atoms with Gasteiger partial charge in [-0.3, -0.25) is 0 Å². The quantitative estimate of drug-likeness (QED) is 0.822. The molecular formula is C15H28N4. The highest BCUT2D eigenvalue weighted by molar-refractivity contribution is 5.57. The third-order valence-electron chi connectivity index (χ3n) is 3.49. The largest absolute Gasteiger partial charge is 0.370 e. The third kappa shape index (κ3) is 4.37. The SMILES string of the molecule is CCCNc1ncnc(NC(C)C(C)(C)C)c1CC. The molecule has 0 fully saturated rings. The molecule has 4 heteroatoms. The molecule has 1 aromatic heterocycles. The number of nitrogens with zero attached hydrogens (tertiary/aromatic N) is 2. The summed E-state index contributed by atoms with van der Waals surface area (Å²) in [7, 11) is 0. The summed E-state index contributed by atoms with van der Waals surface area (Å²) in [6.45, 7) is 14.1. The molecule has 1 aromatic rings. The summed E-state index contributed by atoms with van der Waals surface area (Å²) in [5.41, 5.74) is 1.37. The van der Waals surface area contributed by atoms with Gasteiger partial charge in [-0.15, -0.1) is 0 Å². The van der Waals surface area contributed by atoms with Crippen molar-refractivity contribution >= 4 is 11.6 Å². The van der Waals surface area contributed by atoms with Gasteiger partial charge in [0.15, 0.2) is 0 Å². The van der Waals surface area contributed by atoms with E-state index in [-0.39, 0.29) is 5.41 Å². The van der Waals surface area contributed by atoms with Gasteiger partial charge in [-0.05, 0) is 25.2 Å². The number of rotatable bonds is 6. The predicted molar refractivity (Wildman–Crippen MR) is 82.7 cm³/mol. The summed E-state index contributed by atoms with van der Waals surface area (Å²) in [5, 5.41) is 6.90. The Labute approximate surface area is 117 Å². The van der Waals surface area contributed by atoms with Crippen molar-refractivity contribution in [2.24, 2.45) is 5.41 Å². The Morgan fingerprint density at radius 2 is 1.79 bits per heavy atom. The summed E-state index contributed by atoms with van der Waals surface area (Å²) < 4.78 is 0. The van der Waals surface area contributed by atoms with E-state index in [1.165, 1.54) is 5.56 Å². The second-order valence-corrected chi connectivity index (χ2v) is 6.06. The molecule has 1 heterocycles. The fourth-order valence-electron chi connectivity index (χ4n) is 1.69. The maximum Gasteiger partial charge on any atom is 0.134 e. The topological polar surface area (TPSA) is 49.8 Å². The second-order valence-electron chi connectivity index (χ2n) is 6.06. The van der Waals surface area contributed by atoms with Crippen molar-refractivity contribution in [1.82, 2.24) is 9.97 Å². The molecule has 1 unspecified atom stereocenters. The minimum atomic E-state index is 0.201. The molecule has 0 aliphatic rings. The van der Waals surface area contributed by atoms with Gasteiger partial charge in [0.25, 0.3) is 0 Å². The number of nitrogens with one attached hydrogen (secondary N) is 2. The van der Waals surface area contributed by atoms with E-state index in [9.17, 15) is 0 Å². The molecule has 4 nitrogen and oxygen atoms in total. The van der Waals surface area contributed by atoms with Gasteiger partial charge in [0.05, 0.1) is 0 Å². The van der Waals surface area contributed by atoms with Crippen LogP contribution in [0.15, 0.2) is 6.33 Å². The Morgan fingerprint density at radius 3 is 2.32 bits per heavy atom. The molecule has 0 saturated heterocycles. The van der Waals surface area contributed by atoms with E-state index in [1.54, 1.807) is 6.33 Å². The zero-order valence-corrected chi connectivity index (χ0v) is 13.2. The summed E-state index contributed by atoms with van der Waals surface area (Å²) in [6, 6.07) is 0.353. The van der Waals surface area contributed by atoms with Crippen molar-refractivity contribution in [3.05, 3.63) is 11.9 Å². The molecule has 2 N–H and O–H groups in total. The zero-order valence-electron chi connectivity index (χ0n) is 13.2. The molecule has 1 atom stereocenters. The number of hydrogen-bond donors (Lipinski definition) is 2. The van der Waals surface area contributed by atoms with Crippen LogP contribution < -0.4 is 10.6 Å². The van der Waals surface area contributed by atoms with Crippen LogP contribution >= 0.6 is 0 Å². The van der Waals surface area contributed by atoms with Gasteiger partial charge >= 0.3 is 0 Å². The highest BCUT2D eigenvalue weighted by Crippen LogP contribution is 2.26. The number of aromatic nitrogens is 2. The molecule has 0 radical (unpaired) electrons. The molecular weight excluding hydrogens is 236 g/mol.